The fourth-order valence-corrected chi connectivity index (χ4v) is 2.03. The van der Waals surface area contributed by atoms with Crippen molar-refractivity contribution in [3.05, 3.63) is 0 Å². The zero-order valence-electron chi connectivity index (χ0n) is 5.21. The summed E-state index contributed by atoms with van der Waals surface area (Å²) < 4.78 is 10.5. The molecule has 9 heavy (non-hydrogen) atoms. The molecule has 1 aliphatic heterocycles. The van der Waals surface area contributed by atoms with Crippen molar-refractivity contribution in [1.29, 1.82) is 0 Å². The maximum Gasteiger partial charge on any atom is 0.159 e. The van der Waals surface area contributed by atoms with E-state index in [1.807, 2.05) is 0 Å². The smallest absolute Gasteiger partial charge is 0.159 e. The Morgan fingerprint density at radius 2 is 1.78 bits per heavy atom. The molecule has 2 bridgehead atoms. The van der Waals surface area contributed by atoms with E-state index < -0.39 is 0 Å². The molecular weight excluding hydrogens is 136 g/mol. The Bertz CT molecular complexity index is 87.2. The van der Waals surface area contributed by atoms with Gasteiger partial charge in [0.05, 0.1) is 12.2 Å². The molecule has 2 nitrogen and oxygen atoms in total. The van der Waals surface area contributed by atoms with Crippen LogP contribution in [-0.4, -0.2) is 12.2 Å². The molecule has 1 heterocycles. The summed E-state index contributed by atoms with van der Waals surface area (Å²) in [5, 5.41) is 0. The van der Waals surface area contributed by atoms with Gasteiger partial charge in [-0.15, -0.1) is 0 Å². The van der Waals surface area contributed by atoms with E-state index in [0.29, 0.717) is 12.2 Å². The van der Waals surface area contributed by atoms with Crippen LogP contribution < -0.4 is 0 Å². The van der Waals surface area contributed by atoms with Crippen LogP contribution in [-0.2, 0) is 8.37 Å². The lowest BCUT2D eigenvalue weighted by atomic mass is 9.95. The van der Waals surface area contributed by atoms with Gasteiger partial charge in [0.25, 0.3) is 0 Å². The number of hydrogen-bond acceptors (Lipinski definition) is 3. The Hall–Kier alpha value is 0.270. The summed E-state index contributed by atoms with van der Waals surface area (Å²) >= 11 is 1.19. The summed E-state index contributed by atoms with van der Waals surface area (Å²) in [5.41, 5.74) is 0. The van der Waals surface area contributed by atoms with Gasteiger partial charge in [-0.05, 0) is 19.3 Å². The van der Waals surface area contributed by atoms with E-state index in [4.69, 9.17) is 8.37 Å². The minimum atomic E-state index is 0.488. The van der Waals surface area contributed by atoms with Crippen molar-refractivity contribution in [3.63, 3.8) is 0 Å². The van der Waals surface area contributed by atoms with Gasteiger partial charge in [0.2, 0.25) is 0 Å². The fourth-order valence-electron chi connectivity index (χ4n) is 1.41. The molecule has 2 rings (SSSR count). The molecule has 1 aliphatic carbocycles. The normalized spacial score (nSPS) is 42.7. The SMILES string of the molecule is C1CC2CC(C1)OSO2. The monoisotopic (exact) mass is 146 g/mol. The van der Waals surface area contributed by atoms with Gasteiger partial charge in [0.1, 0.15) is 0 Å². The number of rotatable bonds is 0. The molecule has 0 aromatic heterocycles. The molecule has 0 amide bonds. The van der Waals surface area contributed by atoms with Gasteiger partial charge in [-0.25, -0.2) is 0 Å². The maximum atomic E-state index is 5.24. The van der Waals surface area contributed by atoms with Crippen molar-refractivity contribution in [2.24, 2.45) is 0 Å². The van der Waals surface area contributed by atoms with Crippen molar-refractivity contribution in [2.75, 3.05) is 0 Å². The Balaban J connectivity index is 1.96. The van der Waals surface area contributed by atoms with Crippen LogP contribution in [0.25, 0.3) is 0 Å². The highest BCUT2D eigenvalue weighted by atomic mass is 32.2. The Morgan fingerprint density at radius 1 is 1.11 bits per heavy atom. The molecule has 0 radical (unpaired) electrons. The summed E-state index contributed by atoms with van der Waals surface area (Å²) in [5.74, 6) is 0. The first-order chi connectivity index (χ1) is 4.45. The molecule has 2 unspecified atom stereocenters. The topological polar surface area (TPSA) is 18.5 Å². The summed E-state index contributed by atoms with van der Waals surface area (Å²) in [7, 11) is 0. The first-order valence-corrected chi connectivity index (χ1v) is 4.10. The molecule has 1 saturated carbocycles. The van der Waals surface area contributed by atoms with Gasteiger partial charge in [-0.2, -0.15) is 0 Å². The van der Waals surface area contributed by atoms with E-state index >= 15 is 0 Å². The standard InChI is InChI=1S/C6H10O2S/c1-2-5-4-6(3-1)8-9-7-5/h5-6H,1-4H2. The Morgan fingerprint density at radius 3 is 2.33 bits per heavy atom. The van der Waals surface area contributed by atoms with Crippen molar-refractivity contribution >= 4 is 12.3 Å². The lowest BCUT2D eigenvalue weighted by molar-refractivity contribution is 0.0390. The summed E-state index contributed by atoms with van der Waals surface area (Å²) in [6.45, 7) is 0. The van der Waals surface area contributed by atoms with Gasteiger partial charge in [0, 0.05) is 6.42 Å². The number of fused-ring (bicyclic) bond motifs is 2. The van der Waals surface area contributed by atoms with Gasteiger partial charge in [-0.1, -0.05) is 0 Å². The van der Waals surface area contributed by atoms with E-state index in [9.17, 15) is 0 Å². The Kier molecular flexibility index (Phi) is 1.66. The predicted octanol–water partition coefficient (Wildman–Crippen LogP) is 1.91. The molecule has 2 atom stereocenters. The predicted molar refractivity (Wildman–Crippen MR) is 35.8 cm³/mol. The Labute approximate surface area is 59.3 Å². The van der Waals surface area contributed by atoms with Gasteiger partial charge in [-0.3, -0.25) is 8.37 Å². The van der Waals surface area contributed by atoms with Crippen LogP contribution in [0, 0.1) is 0 Å². The molecule has 0 spiro atoms. The zero-order valence-corrected chi connectivity index (χ0v) is 6.02. The highest BCUT2D eigenvalue weighted by Crippen LogP contribution is 2.33. The first-order valence-electron chi connectivity index (χ1n) is 3.44. The third kappa shape index (κ3) is 1.23. The average molecular weight is 146 g/mol. The molecule has 2 aliphatic rings. The molecular formula is C6H10O2S. The molecule has 2 fully saturated rings. The van der Waals surface area contributed by atoms with E-state index in [-0.39, 0.29) is 0 Å². The largest absolute Gasteiger partial charge is 0.288 e. The van der Waals surface area contributed by atoms with Crippen molar-refractivity contribution < 1.29 is 8.37 Å². The third-order valence-corrected chi connectivity index (χ3v) is 2.63. The van der Waals surface area contributed by atoms with Crippen LogP contribution >= 0.6 is 12.3 Å². The van der Waals surface area contributed by atoms with Crippen molar-refractivity contribution in [1.82, 2.24) is 0 Å². The first kappa shape index (κ1) is 6.01. The molecule has 3 heteroatoms. The second kappa shape index (κ2) is 2.48. The molecule has 0 aromatic rings. The van der Waals surface area contributed by atoms with Crippen LogP contribution in [0.1, 0.15) is 25.7 Å². The zero-order chi connectivity index (χ0) is 6.10. The van der Waals surface area contributed by atoms with Crippen LogP contribution in [0.15, 0.2) is 0 Å². The van der Waals surface area contributed by atoms with Crippen LogP contribution in [0.4, 0.5) is 0 Å². The van der Waals surface area contributed by atoms with Crippen molar-refractivity contribution in [3.8, 4) is 0 Å². The second-order valence-electron chi connectivity index (χ2n) is 2.67. The third-order valence-electron chi connectivity index (χ3n) is 1.93. The lowest BCUT2D eigenvalue weighted by Crippen LogP contribution is -2.29. The van der Waals surface area contributed by atoms with Gasteiger partial charge in [0.15, 0.2) is 12.3 Å². The minimum Gasteiger partial charge on any atom is -0.288 e. The maximum absolute atomic E-state index is 5.24. The molecule has 1 saturated heterocycles. The highest BCUT2D eigenvalue weighted by molar-refractivity contribution is 7.89. The van der Waals surface area contributed by atoms with Crippen LogP contribution in [0.2, 0.25) is 0 Å². The minimum absolute atomic E-state index is 0.488. The fraction of sp³-hybridized carbons (Fsp3) is 1.00. The van der Waals surface area contributed by atoms with E-state index in [0.717, 1.165) is 6.42 Å². The summed E-state index contributed by atoms with van der Waals surface area (Å²) in [6, 6.07) is 0. The van der Waals surface area contributed by atoms with Crippen molar-refractivity contribution in [2.45, 2.75) is 37.9 Å². The second-order valence-corrected chi connectivity index (χ2v) is 3.19. The van der Waals surface area contributed by atoms with Gasteiger partial charge >= 0.3 is 0 Å². The lowest BCUT2D eigenvalue weighted by Gasteiger charge is -2.31. The van der Waals surface area contributed by atoms with Crippen LogP contribution in [0.5, 0.6) is 0 Å². The van der Waals surface area contributed by atoms with Crippen LogP contribution in [0.3, 0.4) is 0 Å². The number of hydrogen-bond donors (Lipinski definition) is 0. The molecule has 0 N–H and O–H groups in total. The quantitative estimate of drug-likeness (QED) is 0.486. The highest BCUT2D eigenvalue weighted by Gasteiger charge is 2.28. The summed E-state index contributed by atoms with van der Waals surface area (Å²) in [6.07, 6.45) is 5.83. The van der Waals surface area contributed by atoms with Gasteiger partial charge < -0.3 is 0 Å². The van der Waals surface area contributed by atoms with E-state index in [1.54, 1.807) is 0 Å². The molecule has 0 aromatic carbocycles. The molecule has 52 valence electrons. The van der Waals surface area contributed by atoms with E-state index in [1.165, 1.54) is 31.6 Å². The average Bonchev–Trinajstić information content (AvgIpc) is 1.88. The summed E-state index contributed by atoms with van der Waals surface area (Å²) in [4.78, 5) is 0. The van der Waals surface area contributed by atoms with E-state index in [2.05, 4.69) is 0 Å².